The van der Waals surface area contributed by atoms with Gasteiger partial charge in [0.25, 0.3) is 5.91 Å². The third-order valence-corrected chi connectivity index (χ3v) is 5.30. The van der Waals surface area contributed by atoms with E-state index in [0.29, 0.717) is 13.2 Å². The molecule has 0 radical (unpaired) electrons. The monoisotopic (exact) mass is 365 g/mol. The molecule has 0 saturated carbocycles. The number of morpholine rings is 1. The SMILES string of the molecule is O=C(NCC1CN(Cc2ccccc2)CCO1)c1cccc2c1CCCN2. The topological polar surface area (TPSA) is 53.6 Å². The summed E-state index contributed by atoms with van der Waals surface area (Å²) in [6.45, 7) is 4.91. The van der Waals surface area contributed by atoms with Crippen LogP contribution in [-0.4, -0.2) is 49.7 Å². The summed E-state index contributed by atoms with van der Waals surface area (Å²) >= 11 is 0. The molecule has 2 heterocycles. The number of carbonyl (C=O) groups excluding carboxylic acids is 1. The molecule has 5 nitrogen and oxygen atoms in total. The zero-order valence-electron chi connectivity index (χ0n) is 15.6. The van der Waals surface area contributed by atoms with Gasteiger partial charge in [-0.1, -0.05) is 36.4 Å². The fraction of sp³-hybridized carbons (Fsp3) is 0.409. The molecular weight excluding hydrogens is 338 g/mol. The number of anilines is 1. The molecule has 0 aliphatic carbocycles. The maximum Gasteiger partial charge on any atom is 0.251 e. The summed E-state index contributed by atoms with van der Waals surface area (Å²) in [5.41, 5.74) is 4.33. The fourth-order valence-electron chi connectivity index (χ4n) is 3.91. The molecule has 1 amide bonds. The Morgan fingerprint density at radius 3 is 2.96 bits per heavy atom. The number of rotatable bonds is 5. The lowest BCUT2D eigenvalue weighted by Gasteiger charge is -2.33. The van der Waals surface area contributed by atoms with E-state index >= 15 is 0 Å². The molecular formula is C22H27N3O2. The second-order valence-corrected chi connectivity index (χ2v) is 7.29. The van der Waals surface area contributed by atoms with Gasteiger partial charge in [-0.3, -0.25) is 9.69 Å². The minimum atomic E-state index is -0.000618. The number of hydrogen-bond donors (Lipinski definition) is 2. The van der Waals surface area contributed by atoms with Gasteiger partial charge in [-0.2, -0.15) is 0 Å². The summed E-state index contributed by atoms with van der Waals surface area (Å²) < 4.78 is 5.88. The second kappa shape index (κ2) is 8.55. The number of amides is 1. The average Bonchev–Trinajstić information content (AvgIpc) is 2.72. The molecule has 5 heteroatoms. The predicted octanol–water partition coefficient (Wildman–Crippen LogP) is 2.68. The highest BCUT2D eigenvalue weighted by Gasteiger charge is 2.22. The Morgan fingerprint density at radius 2 is 2.07 bits per heavy atom. The van der Waals surface area contributed by atoms with Crippen LogP contribution in [0, 0.1) is 0 Å². The van der Waals surface area contributed by atoms with Gasteiger partial charge in [-0.05, 0) is 36.1 Å². The van der Waals surface area contributed by atoms with Crippen molar-refractivity contribution in [3.05, 3.63) is 65.2 Å². The highest BCUT2D eigenvalue weighted by Crippen LogP contribution is 2.25. The van der Waals surface area contributed by atoms with Gasteiger partial charge in [0.15, 0.2) is 0 Å². The van der Waals surface area contributed by atoms with E-state index in [2.05, 4.69) is 45.9 Å². The van der Waals surface area contributed by atoms with Gasteiger partial charge >= 0.3 is 0 Å². The molecule has 1 saturated heterocycles. The summed E-state index contributed by atoms with van der Waals surface area (Å²) in [6.07, 6.45) is 2.05. The van der Waals surface area contributed by atoms with Crippen molar-refractivity contribution in [2.75, 3.05) is 38.1 Å². The van der Waals surface area contributed by atoms with Gasteiger partial charge in [0.2, 0.25) is 0 Å². The first-order valence-corrected chi connectivity index (χ1v) is 9.81. The van der Waals surface area contributed by atoms with E-state index in [-0.39, 0.29) is 12.0 Å². The largest absolute Gasteiger partial charge is 0.385 e. The Bertz CT molecular complexity index is 778. The van der Waals surface area contributed by atoms with Crippen molar-refractivity contribution in [2.45, 2.75) is 25.5 Å². The Hall–Kier alpha value is -2.37. The van der Waals surface area contributed by atoms with Crippen molar-refractivity contribution in [3.63, 3.8) is 0 Å². The number of hydrogen-bond acceptors (Lipinski definition) is 4. The van der Waals surface area contributed by atoms with Gasteiger partial charge in [0.05, 0.1) is 12.7 Å². The molecule has 1 fully saturated rings. The molecule has 2 N–H and O–H groups in total. The van der Waals surface area contributed by atoms with Gasteiger partial charge in [-0.25, -0.2) is 0 Å². The summed E-state index contributed by atoms with van der Waals surface area (Å²) in [7, 11) is 0. The van der Waals surface area contributed by atoms with Crippen molar-refractivity contribution >= 4 is 11.6 Å². The van der Waals surface area contributed by atoms with E-state index in [1.54, 1.807) is 0 Å². The van der Waals surface area contributed by atoms with Crippen molar-refractivity contribution in [1.29, 1.82) is 0 Å². The number of carbonyl (C=O) groups is 1. The van der Waals surface area contributed by atoms with Crippen molar-refractivity contribution in [2.24, 2.45) is 0 Å². The van der Waals surface area contributed by atoms with Gasteiger partial charge in [0.1, 0.15) is 0 Å². The van der Waals surface area contributed by atoms with E-state index in [9.17, 15) is 4.79 Å². The molecule has 0 bridgehead atoms. The van der Waals surface area contributed by atoms with Crippen molar-refractivity contribution in [1.82, 2.24) is 10.2 Å². The van der Waals surface area contributed by atoms with E-state index in [0.717, 1.165) is 55.8 Å². The number of ether oxygens (including phenoxy) is 1. The lowest BCUT2D eigenvalue weighted by molar-refractivity contribution is -0.0292. The van der Waals surface area contributed by atoms with Crippen LogP contribution in [0.5, 0.6) is 0 Å². The van der Waals surface area contributed by atoms with Crippen LogP contribution < -0.4 is 10.6 Å². The molecule has 1 atom stereocenters. The van der Waals surface area contributed by atoms with Crippen LogP contribution in [0.1, 0.15) is 27.9 Å². The second-order valence-electron chi connectivity index (χ2n) is 7.29. The number of fused-ring (bicyclic) bond motifs is 1. The zero-order valence-corrected chi connectivity index (χ0v) is 15.6. The highest BCUT2D eigenvalue weighted by molar-refractivity contribution is 5.97. The minimum absolute atomic E-state index is 0.000618. The van der Waals surface area contributed by atoms with Crippen LogP contribution in [0.4, 0.5) is 5.69 Å². The van der Waals surface area contributed by atoms with E-state index in [1.807, 2.05) is 18.2 Å². The molecule has 0 aromatic heterocycles. The number of nitrogens with zero attached hydrogens (tertiary/aromatic N) is 1. The first kappa shape index (κ1) is 18.0. The molecule has 2 aromatic rings. The minimum Gasteiger partial charge on any atom is -0.385 e. The van der Waals surface area contributed by atoms with Gasteiger partial charge in [-0.15, -0.1) is 0 Å². The first-order valence-electron chi connectivity index (χ1n) is 9.81. The standard InChI is InChI=1S/C22H27N3O2/c26-22(20-8-4-10-21-19(20)9-5-11-23-21)24-14-18-16-25(12-13-27-18)15-17-6-2-1-3-7-17/h1-4,6-8,10,18,23H,5,9,11-16H2,(H,24,26). The summed E-state index contributed by atoms with van der Waals surface area (Å²) in [6, 6.07) is 16.4. The molecule has 4 rings (SSSR count). The molecule has 2 aliphatic heterocycles. The predicted molar refractivity (Wildman–Crippen MR) is 107 cm³/mol. The Kier molecular flexibility index (Phi) is 5.70. The quantitative estimate of drug-likeness (QED) is 0.855. The summed E-state index contributed by atoms with van der Waals surface area (Å²) in [5.74, 6) is -0.000618. The lowest BCUT2D eigenvalue weighted by Crippen LogP contribution is -2.47. The normalized spacial score (nSPS) is 19.8. The van der Waals surface area contributed by atoms with Crippen LogP contribution >= 0.6 is 0 Å². The summed E-state index contributed by atoms with van der Waals surface area (Å²) in [5, 5.41) is 6.47. The number of nitrogens with one attached hydrogen (secondary N) is 2. The van der Waals surface area contributed by atoms with Crippen LogP contribution in [0.15, 0.2) is 48.5 Å². The van der Waals surface area contributed by atoms with E-state index < -0.39 is 0 Å². The smallest absolute Gasteiger partial charge is 0.251 e. The van der Waals surface area contributed by atoms with Gasteiger partial charge < -0.3 is 15.4 Å². The average molecular weight is 365 g/mol. The molecule has 142 valence electrons. The Morgan fingerprint density at radius 1 is 1.19 bits per heavy atom. The molecule has 2 aliphatic rings. The molecule has 2 aromatic carbocycles. The third kappa shape index (κ3) is 4.49. The van der Waals surface area contributed by atoms with Crippen LogP contribution in [0.3, 0.4) is 0 Å². The highest BCUT2D eigenvalue weighted by atomic mass is 16.5. The maximum atomic E-state index is 12.7. The molecule has 0 spiro atoms. The Labute approximate surface area is 160 Å². The summed E-state index contributed by atoms with van der Waals surface area (Å²) in [4.78, 5) is 15.1. The Balaban J connectivity index is 1.32. The van der Waals surface area contributed by atoms with E-state index in [4.69, 9.17) is 4.74 Å². The van der Waals surface area contributed by atoms with Crippen LogP contribution in [-0.2, 0) is 17.7 Å². The van der Waals surface area contributed by atoms with Crippen LogP contribution in [0.2, 0.25) is 0 Å². The number of benzene rings is 2. The van der Waals surface area contributed by atoms with E-state index in [1.165, 1.54) is 5.56 Å². The van der Waals surface area contributed by atoms with Crippen molar-refractivity contribution < 1.29 is 9.53 Å². The lowest BCUT2D eigenvalue weighted by atomic mass is 9.97. The zero-order chi connectivity index (χ0) is 18.5. The van der Waals surface area contributed by atoms with Crippen molar-refractivity contribution in [3.8, 4) is 0 Å². The third-order valence-electron chi connectivity index (χ3n) is 5.30. The van der Waals surface area contributed by atoms with Gasteiger partial charge in [0, 0.05) is 44.0 Å². The first-order chi connectivity index (χ1) is 13.3. The maximum absolute atomic E-state index is 12.7. The van der Waals surface area contributed by atoms with Crippen LogP contribution in [0.25, 0.3) is 0 Å². The molecule has 1 unspecified atom stereocenters. The molecule has 27 heavy (non-hydrogen) atoms. The fourth-order valence-corrected chi connectivity index (χ4v) is 3.91.